The third-order valence-corrected chi connectivity index (χ3v) is 6.11. The van der Waals surface area contributed by atoms with Crippen LogP contribution in [-0.4, -0.2) is 49.5 Å². The third kappa shape index (κ3) is 4.31. The Hall–Kier alpha value is -1.44. The molecule has 0 radical (unpaired) electrons. The molecule has 0 aromatic heterocycles. The summed E-state index contributed by atoms with van der Waals surface area (Å²) >= 11 is 0. The number of hydrogen-bond donors (Lipinski definition) is 2. The number of carbonyl (C=O) groups is 1. The van der Waals surface area contributed by atoms with Crippen molar-refractivity contribution in [1.29, 1.82) is 0 Å². The van der Waals surface area contributed by atoms with Crippen LogP contribution in [0.25, 0.3) is 0 Å². The number of nitrogens with one attached hydrogen (secondary N) is 1. The average molecular weight is 340 g/mol. The Kier molecular flexibility index (Phi) is 6.15. The van der Waals surface area contributed by atoms with Gasteiger partial charge >= 0.3 is 0 Å². The number of piperidine rings is 1. The van der Waals surface area contributed by atoms with Crippen LogP contribution in [0.3, 0.4) is 0 Å². The van der Waals surface area contributed by atoms with Gasteiger partial charge in [-0.05, 0) is 50.5 Å². The quantitative estimate of drug-likeness (QED) is 0.766. The molecule has 2 rings (SSSR count). The Morgan fingerprint density at radius 2 is 2.00 bits per heavy atom. The van der Waals surface area contributed by atoms with Crippen LogP contribution in [0.1, 0.15) is 43.0 Å². The van der Waals surface area contributed by atoms with Gasteiger partial charge in [0.2, 0.25) is 10.0 Å². The molecule has 128 valence electrons. The van der Waals surface area contributed by atoms with Gasteiger partial charge in [-0.25, -0.2) is 8.42 Å². The molecule has 7 heteroatoms. The van der Waals surface area contributed by atoms with Gasteiger partial charge in [-0.1, -0.05) is 6.42 Å². The number of hydrogen-bond acceptors (Lipinski definition) is 4. The van der Waals surface area contributed by atoms with E-state index in [2.05, 4.69) is 5.32 Å². The standard InChI is InChI=1S/C16H24N2O4S/c1-13-5-2-3-11-18(13)23(21,22)15-8-6-14(7-9-15)16(20)17-10-4-12-19/h6-9,13,19H,2-5,10-12H2,1H3,(H,17,20). The van der Waals surface area contributed by atoms with Crippen molar-refractivity contribution < 1.29 is 18.3 Å². The first-order chi connectivity index (χ1) is 11.0. The van der Waals surface area contributed by atoms with Crippen molar-refractivity contribution in [3.8, 4) is 0 Å². The maximum absolute atomic E-state index is 12.7. The van der Waals surface area contributed by atoms with Gasteiger partial charge in [0.1, 0.15) is 0 Å². The molecule has 1 aromatic carbocycles. The van der Waals surface area contributed by atoms with Gasteiger partial charge in [0.25, 0.3) is 5.91 Å². The molecule has 0 aliphatic carbocycles. The lowest BCUT2D eigenvalue weighted by molar-refractivity contribution is 0.0951. The monoisotopic (exact) mass is 340 g/mol. The Labute approximate surface area is 137 Å². The van der Waals surface area contributed by atoms with Crippen LogP contribution in [0.5, 0.6) is 0 Å². The highest BCUT2D eigenvalue weighted by molar-refractivity contribution is 7.89. The fourth-order valence-electron chi connectivity index (χ4n) is 2.73. The zero-order valence-electron chi connectivity index (χ0n) is 13.4. The van der Waals surface area contributed by atoms with Gasteiger partial charge < -0.3 is 10.4 Å². The summed E-state index contributed by atoms with van der Waals surface area (Å²) < 4.78 is 26.9. The van der Waals surface area contributed by atoms with E-state index in [1.165, 1.54) is 24.3 Å². The molecule has 1 fully saturated rings. The molecule has 1 saturated heterocycles. The maximum atomic E-state index is 12.7. The van der Waals surface area contributed by atoms with Crippen LogP contribution in [0.4, 0.5) is 0 Å². The second-order valence-electron chi connectivity index (χ2n) is 5.82. The molecule has 1 aliphatic heterocycles. The smallest absolute Gasteiger partial charge is 0.251 e. The molecular formula is C16H24N2O4S. The Bertz CT molecular complexity index is 628. The van der Waals surface area contributed by atoms with Gasteiger partial charge in [0, 0.05) is 31.3 Å². The van der Waals surface area contributed by atoms with Crippen molar-refractivity contribution in [2.45, 2.75) is 43.5 Å². The Morgan fingerprint density at radius 3 is 2.61 bits per heavy atom. The lowest BCUT2D eigenvalue weighted by Crippen LogP contribution is -2.41. The molecule has 2 N–H and O–H groups in total. The van der Waals surface area contributed by atoms with Gasteiger partial charge in [-0.15, -0.1) is 0 Å². The number of aliphatic hydroxyl groups excluding tert-OH is 1. The fourth-order valence-corrected chi connectivity index (χ4v) is 4.43. The number of rotatable bonds is 6. The van der Waals surface area contributed by atoms with Crippen LogP contribution in [0.2, 0.25) is 0 Å². The first-order valence-corrected chi connectivity index (χ1v) is 9.42. The lowest BCUT2D eigenvalue weighted by atomic mass is 10.1. The van der Waals surface area contributed by atoms with E-state index in [4.69, 9.17) is 5.11 Å². The van der Waals surface area contributed by atoms with Crippen molar-refractivity contribution >= 4 is 15.9 Å². The first kappa shape index (κ1) is 17.9. The topological polar surface area (TPSA) is 86.7 Å². The van der Waals surface area contributed by atoms with Crippen LogP contribution in [0.15, 0.2) is 29.2 Å². The number of amides is 1. The van der Waals surface area contributed by atoms with E-state index in [-0.39, 0.29) is 23.5 Å². The summed E-state index contributed by atoms with van der Waals surface area (Å²) in [7, 11) is -3.51. The molecule has 1 unspecified atom stereocenters. The van der Waals surface area contributed by atoms with Crippen molar-refractivity contribution in [1.82, 2.24) is 9.62 Å². The van der Waals surface area contributed by atoms with Gasteiger partial charge in [-0.2, -0.15) is 4.31 Å². The molecule has 6 nitrogen and oxygen atoms in total. The predicted molar refractivity (Wildman–Crippen MR) is 87.7 cm³/mol. The van der Waals surface area contributed by atoms with Crippen LogP contribution in [0, 0.1) is 0 Å². The molecule has 1 heterocycles. The Morgan fingerprint density at radius 1 is 1.30 bits per heavy atom. The average Bonchev–Trinajstić information content (AvgIpc) is 2.55. The number of aliphatic hydroxyl groups is 1. The van der Waals surface area contributed by atoms with Crippen molar-refractivity contribution in [2.75, 3.05) is 19.7 Å². The highest BCUT2D eigenvalue weighted by atomic mass is 32.2. The minimum atomic E-state index is -3.51. The first-order valence-electron chi connectivity index (χ1n) is 7.98. The predicted octanol–water partition coefficient (Wildman–Crippen LogP) is 1.36. The highest BCUT2D eigenvalue weighted by Gasteiger charge is 2.30. The molecule has 1 aromatic rings. The minimum absolute atomic E-state index is 0.00945. The van der Waals surface area contributed by atoms with E-state index < -0.39 is 10.0 Å². The second kappa shape index (κ2) is 7.90. The normalized spacial score (nSPS) is 19.5. The van der Waals surface area contributed by atoms with Crippen LogP contribution in [-0.2, 0) is 10.0 Å². The van der Waals surface area contributed by atoms with Crippen molar-refractivity contribution in [3.63, 3.8) is 0 Å². The molecule has 1 aliphatic rings. The lowest BCUT2D eigenvalue weighted by Gasteiger charge is -2.32. The van der Waals surface area contributed by atoms with Crippen LogP contribution < -0.4 is 5.32 Å². The molecular weight excluding hydrogens is 316 g/mol. The summed E-state index contributed by atoms with van der Waals surface area (Å²) in [5, 5.41) is 11.4. The molecule has 1 amide bonds. The molecule has 0 bridgehead atoms. The van der Waals surface area contributed by atoms with Crippen molar-refractivity contribution in [3.05, 3.63) is 29.8 Å². The highest BCUT2D eigenvalue weighted by Crippen LogP contribution is 2.25. The van der Waals surface area contributed by atoms with Crippen LogP contribution >= 0.6 is 0 Å². The molecule has 0 spiro atoms. The largest absolute Gasteiger partial charge is 0.396 e. The van der Waals surface area contributed by atoms with E-state index in [0.29, 0.717) is 25.1 Å². The van der Waals surface area contributed by atoms with Gasteiger partial charge in [0.05, 0.1) is 4.90 Å². The summed E-state index contributed by atoms with van der Waals surface area (Å²) in [5.74, 6) is -0.270. The SMILES string of the molecule is CC1CCCCN1S(=O)(=O)c1ccc(C(=O)NCCCO)cc1. The summed E-state index contributed by atoms with van der Waals surface area (Å²) in [6.45, 7) is 2.89. The molecule has 23 heavy (non-hydrogen) atoms. The zero-order valence-corrected chi connectivity index (χ0v) is 14.2. The number of sulfonamides is 1. The number of nitrogens with zero attached hydrogens (tertiary/aromatic N) is 1. The third-order valence-electron chi connectivity index (χ3n) is 4.09. The van der Waals surface area contributed by atoms with E-state index in [9.17, 15) is 13.2 Å². The second-order valence-corrected chi connectivity index (χ2v) is 7.71. The van der Waals surface area contributed by atoms with Crippen molar-refractivity contribution in [2.24, 2.45) is 0 Å². The Balaban J connectivity index is 2.10. The van der Waals surface area contributed by atoms with Gasteiger partial charge in [0.15, 0.2) is 0 Å². The van der Waals surface area contributed by atoms with E-state index >= 15 is 0 Å². The maximum Gasteiger partial charge on any atom is 0.251 e. The van der Waals surface area contributed by atoms with E-state index in [1.54, 1.807) is 4.31 Å². The summed E-state index contributed by atoms with van der Waals surface area (Å²) in [6, 6.07) is 6.02. The van der Waals surface area contributed by atoms with E-state index in [0.717, 1.165) is 19.3 Å². The van der Waals surface area contributed by atoms with E-state index in [1.807, 2.05) is 6.92 Å². The zero-order chi connectivity index (χ0) is 16.9. The van der Waals surface area contributed by atoms with Gasteiger partial charge in [-0.3, -0.25) is 4.79 Å². The number of benzene rings is 1. The summed E-state index contributed by atoms with van der Waals surface area (Å²) in [4.78, 5) is 12.1. The summed E-state index contributed by atoms with van der Waals surface area (Å²) in [6.07, 6.45) is 3.31. The number of carbonyl (C=O) groups excluding carboxylic acids is 1. The fraction of sp³-hybridized carbons (Fsp3) is 0.562. The summed E-state index contributed by atoms with van der Waals surface area (Å²) in [5.41, 5.74) is 0.411. The minimum Gasteiger partial charge on any atom is -0.396 e. The molecule has 1 atom stereocenters. The molecule has 0 saturated carbocycles.